The molecule has 0 atom stereocenters. The summed E-state index contributed by atoms with van der Waals surface area (Å²) in [5.74, 6) is -1.61. The highest BCUT2D eigenvalue weighted by Gasteiger charge is 2.38. The molecule has 0 radical (unpaired) electrons. The van der Waals surface area contributed by atoms with Crippen molar-refractivity contribution >= 4 is 11.7 Å². The number of halogens is 3. The molecule has 0 saturated carbocycles. The molecule has 4 rings (SSSR count). The van der Waals surface area contributed by atoms with Gasteiger partial charge in [0.05, 0.1) is 19.8 Å². The molecule has 0 spiro atoms. The predicted molar refractivity (Wildman–Crippen MR) is 115 cm³/mol. The van der Waals surface area contributed by atoms with Gasteiger partial charge in [0.15, 0.2) is 0 Å². The highest BCUT2D eigenvalue weighted by molar-refractivity contribution is 5.92. The second-order valence-corrected chi connectivity index (χ2v) is 7.60. The first-order valence-corrected chi connectivity index (χ1v) is 10.6. The molecule has 0 N–H and O–H groups in total. The summed E-state index contributed by atoms with van der Waals surface area (Å²) < 4.78 is 48.2. The summed E-state index contributed by atoms with van der Waals surface area (Å²) >= 11 is 0. The van der Waals surface area contributed by atoms with Crippen molar-refractivity contribution in [3.63, 3.8) is 0 Å². The fourth-order valence-electron chi connectivity index (χ4n) is 3.50. The van der Waals surface area contributed by atoms with Gasteiger partial charge in [0.25, 0.3) is 0 Å². The number of anilines is 1. The van der Waals surface area contributed by atoms with Gasteiger partial charge in [-0.2, -0.15) is 13.2 Å². The van der Waals surface area contributed by atoms with Crippen LogP contribution in [-0.4, -0.2) is 47.4 Å². The molecule has 2 amide bonds. The van der Waals surface area contributed by atoms with Gasteiger partial charge in [0.1, 0.15) is 0 Å². The minimum absolute atomic E-state index is 0.127. The number of urea groups is 1. The number of carbonyl (C=O) groups is 1. The summed E-state index contributed by atoms with van der Waals surface area (Å²) in [7, 11) is 0. The summed E-state index contributed by atoms with van der Waals surface area (Å²) in [5.41, 5.74) is 3.09. The summed E-state index contributed by atoms with van der Waals surface area (Å²) in [6, 6.07) is 14.3. The minimum atomic E-state index is -4.70. The van der Waals surface area contributed by atoms with Crippen LogP contribution in [0.3, 0.4) is 0 Å². The van der Waals surface area contributed by atoms with E-state index in [4.69, 9.17) is 9.15 Å². The third-order valence-corrected chi connectivity index (χ3v) is 5.38. The normalized spacial score (nSPS) is 14.4. The Labute approximate surface area is 188 Å². The average molecular weight is 460 g/mol. The topological polar surface area (TPSA) is 71.7 Å². The van der Waals surface area contributed by atoms with Gasteiger partial charge in [-0.1, -0.05) is 31.2 Å². The third kappa shape index (κ3) is 5.33. The zero-order valence-corrected chi connectivity index (χ0v) is 18.0. The highest BCUT2D eigenvalue weighted by Crippen LogP contribution is 2.30. The van der Waals surface area contributed by atoms with Crippen LogP contribution < -0.4 is 4.90 Å². The number of hydrogen-bond donors (Lipinski definition) is 0. The van der Waals surface area contributed by atoms with Crippen molar-refractivity contribution in [2.45, 2.75) is 26.1 Å². The van der Waals surface area contributed by atoms with Crippen LogP contribution in [0, 0.1) is 0 Å². The number of alkyl halides is 3. The Morgan fingerprint density at radius 2 is 1.64 bits per heavy atom. The van der Waals surface area contributed by atoms with Gasteiger partial charge in [-0.15, -0.1) is 10.2 Å². The Balaban J connectivity index is 1.56. The number of morpholine rings is 1. The van der Waals surface area contributed by atoms with E-state index in [0.717, 1.165) is 17.7 Å². The highest BCUT2D eigenvalue weighted by atomic mass is 19.4. The van der Waals surface area contributed by atoms with E-state index in [-0.39, 0.29) is 11.9 Å². The van der Waals surface area contributed by atoms with E-state index in [2.05, 4.69) is 17.1 Å². The molecule has 1 aliphatic rings. The summed E-state index contributed by atoms with van der Waals surface area (Å²) in [6.45, 7) is 4.37. The van der Waals surface area contributed by atoms with Crippen molar-refractivity contribution in [1.82, 2.24) is 15.1 Å². The lowest BCUT2D eigenvalue weighted by atomic mass is 10.1. The molecule has 10 heteroatoms. The minimum Gasteiger partial charge on any atom is -0.413 e. The number of aromatic nitrogens is 2. The first kappa shape index (κ1) is 22.8. The van der Waals surface area contributed by atoms with Crippen LogP contribution in [0.4, 0.5) is 23.7 Å². The summed E-state index contributed by atoms with van der Waals surface area (Å²) in [5, 5.41) is 6.53. The van der Waals surface area contributed by atoms with Gasteiger partial charge in [0, 0.05) is 24.3 Å². The number of hydrogen-bond acceptors (Lipinski definition) is 5. The van der Waals surface area contributed by atoms with Crippen molar-refractivity contribution < 1.29 is 27.1 Å². The molecule has 174 valence electrons. The third-order valence-electron chi connectivity index (χ3n) is 5.38. The van der Waals surface area contributed by atoms with Gasteiger partial charge >= 0.3 is 18.1 Å². The molecular formula is C23H23F3N4O3. The lowest BCUT2D eigenvalue weighted by Gasteiger charge is -2.33. The predicted octanol–water partition coefficient (Wildman–Crippen LogP) is 4.78. The zero-order chi connectivity index (χ0) is 23.4. The van der Waals surface area contributed by atoms with Crippen molar-refractivity contribution in [3.05, 3.63) is 65.5 Å². The summed E-state index contributed by atoms with van der Waals surface area (Å²) in [6.07, 6.45) is -3.80. The standard InChI is InChI=1S/C23H23F3N4O3/c1-2-16-5-9-19(10-6-16)30(22(31)29-11-13-32-14-12-29)15-17-3-7-18(8-4-17)20-27-28-21(33-20)23(24,25)26/h3-10H,2,11-15H2,1H3. The Hall–Kier alpha value is -3.40. The fraction of sp³-hybridized carbons (Fsp3) is 0.348. The number of carbonyl (C=O) groups excluding carboxylic acids is 1. The molecule has 3 aromatic rings. The molecule has 33 heavy (non-hydrogen) atoms. The van der Waals surface area contributed by atoms with Crippen LogP contribution in [-0.2, 0) is 23.9 Å². The first-order chi connectivity index (χ1) is 15.8. The molecule has 7 nitrogen and oxygen atoms in total. The zero-order valence-electron chi connectivity index (χ0n) is 18.0. The Morgan fingerprint density at radius 3 is 2.21 bits per heavy atom. The van der Waals surface area contributed by atoms with Gasteiger partial charge < -0.3 is 14.1 Å². The maximum atomic E-state index is 13.3. The molecule has 0 unspecified atom stereocenters. The second kappa shape index (κ2) is 9.62. The maximum absolute atomic E-state index is 13.3. The first-order valence-electron chi connectivity index (χ1n) is 10.6. The van der Waals surface area contributed by atoms with Crippen LogP contribution in [0.25, 0.3) is 11.5 Å². The smallest absolute Gasteiger partial charge is 0.413 e. The van der Waals surface area contributed by atoms with Crippen LogP contribution in [0.15, 0.2) is 52.9 Å². The van der Waals surface area contributed by atoms with Crippen molar-refractivity contribution in [2.75, 3.05) is 31.2 Å². The monoisotopic (exact) mass is 460 g/mol. The second-order valence-electron chi connectivity index (χ2n) is 7.60. The molecule has 0 aliphatic carbocycles. The van der Waals surface area contributed by atoms with Gasteiger partial charge in [-0.3, -0.25) is 4.90 Å². The Bertz CT molecular complexity index is 1080. The Kier molecular flexibility index (Phi) is 6.64. The molecule has 0 bridgehead atoms. The van der Waals surface area contributed by atoms with E-state index in [1.165, 1.54) is 5.56 Å². The number of aryl methyl sites for hydroxylation is 1. The van der Waals surface area contributed by atoms with Gasteiger partial charge in [-0.05, 0) is 41.8 Å². The number of amides is 2. The van der Waals surface area contributed by atoms with Crippen LogP contribution >= 0.6 is 0 Å². The van der Waals surface area contributed by atoms with Crippen LogP contribution in [0.1, 0.15) is 23.9 Å². The van der Waals surface area contributed by atoms with E-state index < -0.39 is 12.1 Å². The van der Waals surface area contributed by atoms with E-state index >= 15 is 0 Å². The van der Waals surface area contributed by atoms with Crippen LogP contribution in [0.2, 0.25) is 0 Å². The molecule has 1 aliphatic heterocycles. The van der Waals surface area contributed by atoms with Crippen molar-refractivity contribution in [3.8, 4) is 11.5 Å². The van der Waals surface area contributed by atoms with Crippen molar-refractivity contribution in [2.24, 2.45) is 0 Å². The number of rotatable bonds is 5. The molecule has 1 aromatic heterocycles. The maximum Gasteiger partial charge on any atom is 0.470 e. The van der Waals surface area contributed by atoms with E-state index in [9.17, 15) is 18.0 Å². The van der Waals surface area contributed by atoms with E-state index in [1.807, 2.05) is 24.3 Å². The van der Waals surface area contributed by atoms with Crippen LogP contribution in [0.5, 0.6) is 0 Å². The lowest BCUT2D eigenvalue weighted by molar-refractivity contribution is -0.156. The fourth-order valence-corrected chi connectivity index (χ4v) is 3.50. The summed E-state index contributed by atoms with van der Waals surface area (Å²) in [4.78, 5) is 16.7. The lowest BCUT2D eigenvalue weighted by Crippen LogP contribution is -2.48. The Morgan fingerprint density at radius 1 is 1.00 bits per heavy atom. The number of benzene rings is 2. The molecular weight excluding hydrogens is 437 g/mol. The van der Waals surface area contributed by atoms with E-state index in [0.29, 0.717) is 38.4 Å². The average Bonchev–Trinajstić information content (AvgIpc) is 3.34. The SMILES string of the molecule is CCc1ccc(N(Cc2ccc(-c3nnc(C(F)(F)F)o3)cc2)C(=O)N2CCOCC2)cc1. The van der Waals surface area contributed by atoms with Gasteiger partial charge in [0.2, 0.25) is 5.89 Å². The van der Waals surface area contributed by atoms with E-state index in [1.54, 1.807) is 34.1 Å². The quantitative estimate of drug-likeness (QED) is 0.548. The van der Waals surface area contributed by atoms with Crippen molar-refractivity contribution in [1.29, 1.82) is 0 Å². The van der Waals surface area contributed by atoms with Gasteiger partial charge in [-0.25, -0.2) is 4.79 Å². The number of nitrogens with zero attached hydrogens (tertiary/aromatic N) is 4. The number of ether oxygens (including phenoxy) is 1. The molecule has 2 aromatic carbocycles. The largest absolute Gasteiger partial charge is 0.470 e. The molecule has 1 saturated heterocycles. The molecule has 2 heterocycles. The molecule has 1 fully saturated rings.